The number of ether oxygens (including phenoxy) is 1. The third-order valence-corrected chi connectivity index (χ3v) is 4.38. The molecule has 1 amide bonds. The number of ketones is 1. The van der Waals surface area contributed by atoms with Crippen LogP contribution in [0.1, 0.15) is 36.6 Å². The Morgan fingerprint density at radius 1 is 0.903 bits per heavy atom. The topological polar surface area (TPSA) is 116 Å². The normalized spacial score (nSPS) is 10.2. The number of nitrogens with one attached hydrogen (secondary N) is 1. The zero-order valence-corrected chi connectivity index (χ0v) is 16.5. The summed E-state index contributed by atoms with van der Waals surface area (Å²) < 4.78 is 5.03. The van der Waals surface area contributed by atoms with E-state index in [1.165, 1.54) is 30.3 Å². The lowest BCUT2D eigenvalue weighted by atomic mass is 10.1. The summed E-state index contributed by atoms with van der Waals surface area (Å²) in [5.41, 5.74) is 1.89. The van der Waals surface area contributed by atoms with Gasteiger partial charge in [0, 0.05) is 28.9 Å². The number of nitro groups is 1. The van der Waals surface area contributed by atoms with E-state index in [0.29, 0.717) is 11.3 Å². The molecule has 0 aliphatic heterocycles. The van der Waals surface area contributed by atoms with Gasteiger partial charge in [0.05, 0.1) is 10.5 Å². The molecule has 3 rings (SSSR count). The first kappa shape index (κ1) is 21.4. The molecule has 0 saturated carbocycles. The van der Waals surface area contributed by atoms with Crippen LogP contribution in [0.5, 0.6) is 0 Å². The van der Waals surface area contributed by atoms with E-state index in [-0.39, 0.29) is 22.7 Å². The van der Waals surface area contributed by atoms with Crippen LogP contribution in [0.4, 0.5) is 11.4 Å². The van der Waals surface area contributed by atoms with Crippen LogP contribution in [-0.4, -0.2) is 29.2 Å². The van der Waals surface area contributed by atoms with Gasteiger partial charge in [-0.1, -0.05) is 35.9 Å². The number of carbonyl (C=O) groups is 3. The number of hydrogen-bond acceptors (Lipinski definition) is 6. The third-order valence-electron chi connectivity index (χ3n) is 4.38. The highest BCUT2D eigenvalue weighted by Crippen LogP contribution is 2.16. The fraction of sp³-hybridized carbons (Fsp3) is 0.0870. The minimum atomic E-state index is -0.759. The molecule has 0 spiro atoms. The molecule has 3 aromatic carbocycles. The van der Waals surface area contributed by atoms with E-state index >= 15 is 0 Å². The molecule has 31 heavy (non-hydrogen) atoms. The van der Waals surface area contributed by atoms with Crippen molar-refractivity contribution in [3.8, 4) is 0 Å². The van der Waals surface area contributed by atoms with Gasteiger partial charge in [-0.15, -0.1) is 0 Å². The number of anilines is 1. The van der Waals surface area contributed by atoms with E-state index in [2.05, 4.69) is 5.32 Å². The average molecular weight is 418 g/mol. The highest BCUT2D eigenvalue weighted by atomic mass is 16.6. The number of nitro benzene ring substituents is 1. The van der Waals surface area contributed by atoms with Gasteiger partial charge < -0.3 is 10.1 Å². The van der Waals surface area contributed by atoms with Crippen molar-refractivity contribution in [1.29, 1.82) is 0 Å². The molecule has 0 unspecified atom stereocenters. The molecule has 0 saturated heterocycles. The maximum Gasteiger partial charge on any atom is 0.338 e. The molecule has 0 fully saturated rings. The monoisotopic (exact) mass is 418 g/mol. The van der Waals surface area contributed by atoms with E-state index in [1.54, 1.807) is 24.3 Å². The molecule has 0 heterocycles. The average Bonchev–Trinajstić information content (AvgIpc) is 2.77. The Morgan fingerprint density at radius 2 is 1.58 bits per heavy atom. The van der Waals surface area contributed by atoms with Gasteiger partial charge >= 0.3 is 5.97 Å². The Kier molecular flexibility index (Phi) is 6.51. The van der Waals surface area contributed by atoms with Crippen molar-refractivity contribution in [2.24, 2.45) is 0 Å². The molecule has 0 radical (unpaired) electrons. The van der Waals surface area contributed by atoms with Gasteiger partial charge in [0.1, 0.15) is 0 Å². The van der Waals surface area contributed by atoms with E-state index in [1.807, 2.05) is 19.1 Å². The van der Waals surface area contributed by atoms with Crippen molar-refractivity contribution in [2.45, 2.75) is 6.92 Å². The lowest BCUT2D eigenvalue weighted by molar-refractivity contribution is -0.384. The molecule has 0 aliphatic rings. The van der Waals surface area contributed by atoms with Crippen molar-refractivity contribution < 1.29 is 24.0 Å². The maximum atomic E-state index is 12.3. The molecule has 0 aliphatic carbocycles. The zero-order chi connectivity index (χ0) is 22.4. The van der Waals surface area contributed by atoms with Gasteiger partial charge in [0.2, 0.25) is 5.78 Å². The molecule has 3 aromatic rings. The Balaban J connectivity index is 1.62. The van der Waals surface area contributed by atoms with Crippen molar-refractivity contribution in [3.05, 3.63) is 105 Å². The molecular weight excluding hydrogens is 400 g/mol. The predicted octanol–water partition coefficient (Wildman–Crippen LogP) is 4.20. The quantitative estimate of drug-likeness (QED) is 0.266. The second kappa shape index (κ2) is 9.45. The van der Waals surface area contributed by atoms with Crippen LogP contribution in [0.2, 0.25) is 0 Å². The Morgan fingerprint density at radius 3 is 2.29 bits per heavy atom. The van der Waals surface area contributed by atoms with E-state index in [9.17, 15) is 24.5 Å². The molecule has 8 nitrogen and oxygen atoms in total. The molecule has 0 bridgehead atoms. The van der Waals surface area contributed by atoms with E-state index < -0.39 is 23.3 Å². The summed E-state index contributed by atoms with van der Waals surface area (Å²) in [5.74, 6) is -1.66. The molecule has 8 heteroatoms. The smallest absolute Gasteiger partial charge is 0.338 e. The first-order chi connectivity index (χ1) is 14.8. The van der Waals surface area contributed by atoms with Crippen molar-refractivity contribution in [3.63, 3.8) is 0 Å². The highest BCUT2D eigenvalue weighted by Gasteiger charge is 2.15. The summed E-state index contributed by atoms with van der Waals surface area (Å²) >= 11 is 0. The van der Waals surface area contributed by atoms with Crippen LogP contribution in [0, 0.1) is 17.0 Å². The lowest BCUT2D eigenvalue weighted by Gasteiger charge is -2.08. The van der Waals surface area contributed by atoms with Gasteiger partial charge in [-0.3, -0.25) is 19.7 Å². The molecule has 156 valence electrons. The number of esters is 1. The van der Waals surface area contributed by atoms with Crippen LogP contribution in [0.3, 0.4) is 0 Å². The number of non-ortho nitro benzene ring substituents is 1. The van der Waals surface area contributed by atoms with Gasteiger partial charge in [-0.25, -0.2) is 4.79 Å². The number of aryl methyl sites for hydroxylation is 1. The first-order valence-corrected chi connectivity index (χ1v) is 9.26. The summed E-state index contributed by atoms with van der Waals surface area (Å²) in [5, 5.41) is 13.5. The van der Waals surface area contributed by atoms with Crippen LogP contribution >= 0.6 is 0 Å². The van der Waals surface area contributed by atoms with Crippen molar-refractivity contribution >= 4 is 29.0 Å². The van der Waals surface area contributed by atoms with Crippen LogP contribution in [0.15, 0.2) is 72.8 Å². The summed E-state index contributed by atoms with van der Waals surface area (Å²) in [7, 11) is 0. The fourth-order valence-corrected chi connectivity index (χ4v) is 2.72. The maximum absolute atomic E-state index is 12.3. The zero-order valence-electron chi connectivity index (χ0n) is 16.5. The third kappa shape index (κ3) is 5.60. The number of benzene rings is 3. The van der Waals surface area contributed by atoms with Crippen molar-refractivity contribution in [1.82, 2.24) is 0 Å². The van der Waals surface area contributed by atoms with Crippen molar-refractivity contribution in [2.75, 3.05) is 11.9 Å². The Bertz CT molecular complexity index is 1150. The second-order valence-corrected chi connectivity index (χ2v) is 6.71. The Hall–Kier alpha value is -4.33. The van der Waals surface area contributed by atoms with Gasteiger partial charge in [-0.05, 0) is 37.3 Å². The predicted molar refractivity (Wildman–Crippen MR) is 113 cm³/mol. The number of nitrogens with zero attached hydrogens (tertiary/aromatic N) is 1. The summed E-state index contributed by atoms with van der Waals surface area (Å²) in [4.78, 5) is 47.0. The minimum Gasteiger partial charge on any atom is -0.454 e. The highest BCUT2D eigenvalue weighted by molar-refractivity contribution is 6.05. The summed E-state index contributed by atoms with van der Waals surface area (Å²) in [6.45, 7) is 1.35. The first-order valence-electron chi connectivity index (χ1n) is 9.26. The van der Waals surface area contributed by atoms with Crippen LogP contribution < -0.4 is 5.32 Å². The molecule has 1 N–H and O–H groups in total. The lowest BCUT2D eigenvalue weighted by Crippen LogP contribution is -2.15. The van der Waals surface area contributed by atoms with Crippen LogP contribution in [0.25, 0.3) is 0 Å². The number of amides is 1. The standard InChI is InChI=1S/C23H18N2O6/c1-15-8-10-16(11-9-15)22(27)24-19-6-2-5-18(12-19)23(28)31-14-21(26)17-4-3-7-20(13-17)25(29)30/h2-13H,14H2,1H3,(H,24,27). The van der Waals surface area contributed by atoms with E-state index in [0.717, 1.165) is 11.6 Å². The van der Waals surface area contributed by atoms with Crippen LogP contribution in [-0.2, 0) is 4.74 Å². The van der Waals surface area contributed by atoms with Gasteiger partial charge in [0.25, 0.3) is 11.6 Å². The number of hydrogen-bond donors (Lipinski definition) is 1. The summed E-state index contributed by atoms with van der Waals surface area (Å²) in [6.07, 6.45) is 0. The largest absolute Gasteiger partial charge is 0.454 e. The molecular formula is C23H18N2O6. The fourth-order valence-electron chi connectivity index (χ4n) is 2.72. The summed E-state index contributed by atoms with van der Waals surface area (Å²) in [6, 6.07) is 18.3. The SMILES string of the molecule is Cc1ccc(C(=O)Nc2cccc(C(=O)OCC(=O)c3cccc([N+](=O)[O-])c3)c2)cc1. The minimum absolute atomic E-state index is 0.0705. The second-order valence-electron chi connectivity index (χ2n) is 6.71. The number of rotatable bonds is 7. The van der Waals surface area contributed by atoms with Gasteiger partial charge in [0.15, 0.2) is 6.61 Å². The Labute approximate surface area is 177 Å². The van der Waals surface area contributed by atoms with Gasteiger partial charge in [-0.2, -0.15) is 0 Å². The number of Topliss-reactive ketones (excluding diaryl/α,β-unsaturated/α-hetero) is 1. The molecule has 0 atom stereocenters. The number of carbonyl (C=O) groups excluding carboxylic acids is 3. The van der Waals surface area contributed by atoms with E-state index in [4.69, 9.17) is 4.74 Å². The molecule has 0 aromatic heterocycles.